The highest BCUT2D eigenvalue weighted by molar-refractivity contribution is 6.32. The Hall–Kier alpha value is -1.16. The second-order valence-electron chi connectivity index (χ2n) is 2.60. The molecule has 0 N–H and O–H groups in total. The molecule has 0 saturated carbocycles. The number of aryl methyl sites for hydroxylation is 1. The van der Waals surface area contributed by atoms with Crippen molar-refractivity contribution in [2.24, 2.45) is 0 Å². The monoisotopic (exact) mass is 220 g/mol. The first-order valence-corrected chi connectivity index (χ1v) is 4.13. The molecule has 0 aliphatic heterocycles. The second kappa shape index (κ2) is 4.37. The minimum atomic E-state index is -2.99. The second-order valence-corrected chi connectivity index (χ2v) is 3.01. The van der Waals surface area contributed by atoms with Crippen LogP contribution in [0.3, 0.4) is 0 Å². The van der Waals surface area contributed by atoms with Crippen LogP contribution < -0.4 is 4.74 Å². The van der Waals surface area contributed by atoms with Gasteiger partial charge in [0.15, 0.2) is 12.0 Å². The summed E-state index contributed by atoms with van der Waals surface area (Å²) in [5.74, 6) is -0.267. The number of carbonyl (C=O) groups is 1. The molecule has 76 valence electrons. The number of hydrogen-bond acceptors (Lipinski definition) is 2. The molecule has 0 heterocycles. The summed E-state index contributed by atoms with van der Waals surface area (Å²) in [6, 6.07) is 2.96. The minimum absolute atomic E-state index is 0.00185. The summed E-state index contributed by atoms with van der Waals surface area (Å²) in [5, 5.41) is -0.00185. The van der Waals surface area contributed by atoms with Gasteiger partial charge in [0.05, 0.1) is 10.6 Å². The molecule has 0 atom stereocenters. The van der Waals surface area contributed by atoms with Crippen LogP contribution in [0.15, 0.2) is 12.1 Å². The van der Waals surface area contributed by atoms with E-state index in [2.05, 4.69) is 4.74 Å². The first-order valence-electron chi connectivity index (χ1n) is 3.75. The molecular formula is C9H7ClF2O2. The van der Waals surface area contributed by atoms with Gasteiger partial charge in [-0.2, -0.15) is 8.78 Å². The molecule has 5 heteroatoms. The van der Waals surface area contributed by atoms with Crippen LogP contribution in [0.4, 0.5) is 8.78 Å². The molecule has 2 nitrogen and oxygen atoms in total. The number of alkyl halides is 2. The van der Waals surface area contributed by atoms with Crippen molar-refractivity contribution in [2.45, 2.75) is 13.5 Å². The van der Waals surface area contributed by atoms with E-state index in [0.717, 1.165) is 0 Å². The van der Waals surface area contributed by atoms with Crippen LogP contribution in [0.1, 0.15) is 15.9 Å². The Morgan fingerprint density at radius 1 is 1.50 bits per heavy atom. The van der Waals surface area contributed by atoms with Gasteiger partial charge < -0.3 is 4.74 Å². The summed E-state index contributed by atoms with van der Waals surface area (Å²) in [6.07, 6.45) is 0.443. The third-order valence-electron chi connectivity index (χ3n) is 1.69. The van der Waals surface area contributed by atoms with Gasteiger partial charge in [0.25, 0.3) is 0 Å². The van der Waals surface area contributed by atoms with E-state index in [1.807, 2.05) is 0 Å². The smallest absolute Gasteiger partial charge is 0.387 e. The number of rotatable bonds is 3. The van der Waals surface area contributed by atoms with E-state index in [9.17, 15) is 13.6 Å². The standard InChI is InChI=1S/C9H7ClF2O2/c1-5-2-3-7(10)8(6(5)4-13)14-9(11)12/h2-4,9H,1H3. The summed E-state index contributed by atoms with van der Waals surface area (Å²) < 4.78 is 28.1. The molecular weight excluding hydrogens is 214 g/mol. The maximum Gasteiger partial charge on any atom is 0.387 e. The molecule has 1 aromatic rings. The molecule has 0 fully saturated rings. The van der Waals surface area contributed by atoms with Gasteiger partial charge in [0.1, 0.15) is 0 Å². The number of aldehydes is 1. The Morgan fingerprint density at radius 2 is 2.14 bits per heavy atom. The average molecular weight is 221 g/mol. The molecule has 0 saturated heterocycles. The lowest BCUT2D eigenvalue weighted by atomic mass is 10.1. The van der Waals surface area contributed by atoms with Crippen LogP contribution in [0.5, 0.6) is 5.75 Å². The summed E-state index contributed by atoms with van der Waals surface area (Å²) in [4.78, 5) is 10.6. The number of carbonyl (C=O) groups excluding carboxylic acids is 1. The fourth-order valence-electron chi connectivity index (χ4n) is 1.03. The highest BCUT2D eigenvalue weighted by atomic mass is 35.5. The molecule has 1 rings (SSSR count). The molecule has 0 radical (unpaired) electrons. The van der Waals surface area contributed by atoms with Crippen LogP contribution in [0, 0.1) is 6.92 Å². The van der Waals surface area contributed by atoms with Crippen LogP contribution in [-0.4, -0.2) is 12.9 Å². The number of ether oxygens (including phenoxy) is 1. The lowest BCUT2D eigenvalue weighted by Crippen LogP contribution is -2.05. The average Bonchev–Trinajstić information content (AvgIpc) is 2.11. The Kier molecular flexibility index (Phi) is 3.41. The van der Waals surface area contributed by atoms with Gasteiger partial charge in [-0.25, -0.2) is 0 Å². The lowest BCUT2D eigenvalue weighted by molar-refractivity contribution is -0.0500. The molecule has 0 aromatic heterocycles. The highest BCUT2D eigenvalue weighted by Gasteiger charge is 2.14. The topological polar surface area (TPSA) is 26.3 Å². The summed E-state index contributed by atoms with van der Waals surface area (Å²) in [6.45, 7) is -1.38. The van der Waals surface area contributed by atoms with E-state index in [1.54, 1.807) is 13.0 Å². The van der Waals surface area contributed by atoms with Crippen molar-refractivity contribution in [3.63, 3.8) is 0 Å². The zero-order valence-electron chi connectivity index (χ0n) is 7.26. The minimum Gasteiger partial charge on any atom is -0.432 e. The van der Waals surface area contributed by atoms with Crippen molar-refractivity contribution in [1.29, 1.82) is 0 Å². The quantitative estimate of drug-likeness (QED) is 0.732. The van der Waals surface area contributed by atoms with Crippen molar-refractivity contribution >= 4 is 17.9 Å². The molecule has 0 bridgehead atoms. The van der Waals surface area contributed by atoms with Crippen molar-refractivity contribution < 1.29 is 18.3 Å². The van der Waals surface area contributed by atoms with E-state index in [0.29, 0.717) is 11.8 Å². The summed E-state index contributed by atoms with van der Waals surface area (Å²) in [7, 11) is 0. The summed E-state index contributed by atoms with van der Waals surface area (Å²) in [5.41, 5.74) is 0.595. The SMILES string of the molecule is Cc1ccc(Cl)c(OC(F)F)c1C=O. The van der Waals surface area contributed by atoms with Crippen molar-refractivity contribution in [2.75, 3.05) is 0 Å². The Balaban J connectivity index is 3.22. The summed E-state index contributed by atoms with van der Waals surface area (Å²) >= 11 is 5.61. The molecule has 0 spiro atoms. The Bertz CT molecular complexity index is 353. The Morgan fingerprint density at radius 3 is 2.64 bits per heavy atom. The van der Waals surface area contributed by atoms with Gasteiger partial charge in [-0.05, 0) is 18.6 Å². The normalized spacial score (nSPS) is 10.4. The number of benzene rings is 1. The maximum absolute atomic E-state index is 12.0. The molecule has 0 unspecified atom stereocenters. The van der Waals surface area contributed by atoms with E-state index in [4.69, 9.17) is 11.6 Å². The largest absolute Gasteiger partial charge is 0.432 e. The van der Waals surface area contributed by atoms with Gasteiger partial charge in [0.2, 0.25) is 0 Å². The van der Waals surface area contributed by atoms with E-state index >= 15 is 0 Å². The van der Waals surface area contributed by atoms with Crippen LogP contribution in [0.2, 0.25) is 5.02 Å². The van der Waals surface area contributed by atoms with Crippen molar-refractivity contribution in [3.8, 4) is 5.75 Å². The fraction of sp³-hybridized carbons (Fsp3) is 0.222. The lowest BCUT2D eigenvalue weighted by Gasteiger charge is -2.10. The van der Waals surface area contributed by atoms with Crippen LogP contribution in [0.25, 0.3) is 0 Å². The van der Waals surface area contributed by atoms with Gasteiger partial charge in [-0.3, -0.25) is 4.79 Å². The van der Waals surface area contributed by atoms with Crippen molar-refractivity contribution in [3.05, 3.63) is 28.3 Å². The molecule has 1 aromatic carbocycles. The maximum atomic E-state index is 12.0. The van der Waals surface area contributed by atoms with Crippen molar-refractivity contribution in [1.82, 2.24) is 0 Å². The molecule has 0 aliphatic rings. The van der Waals surface area contributed by atoms with Gasteiger partial charge in [-0.1, -0.05) is 17.7 Å². The highest BCUT2D eigenvalue weighted by Crippen LogP contribution is 2.31. The Labute approximate surface area is 84.4 Å². The predicted molar refractivity (Wildman–Crippen MR) is 48.2 cm³/mol. The fourth-order valence-corrected chi connectivity index (χ4v) is 1.24. The first kappa shape index (κ1) is 10.9. The third kappa shape index (κ3) is 2.20. The van der Waals surface area contributed by atoms with Gasteiger partial charge >= 0.3 is 6.61 Å². The first-order chi connectivity index (χ1) is 6.56. The third-order valence-corrected chi connectivity index (χ3v) is 1.99. The molecule has 0 amide bonds. The van der Waals surface area contributed by atoms with Gasteiger partial charge in [0, 0.05) is 0 Å². The molecule has 0 aliphatic carbocycles. The zero-order valence-corrected chi connectivity index (χ0v) is 8.02. The van der Waals surface area contributed by atoms with E-state index in [-0.39, 0.29) is 16.3 Å². The van der Waals surface area contributed by atoms with Crippen LogP contribution >= 0.6 is 11.6 Å². The van der Waals surface area contributed by atoms with E-state index in [1.165, 1.54) is 6.07 Å². The van der Waals surface area contributed by atoms with E-state index < -0.39 is 6.61 Å². The number of hydrogen-bond donors (Lipinski definition) is 0. The van der Waals surface area contributed by atoms with Crippen LogP contribution in [-0.2, 0) is 0 Å². The number of halogens is 3. The zero-order chi connectivity index (χ0) is 10.7. The molecule has 14 heavy (non-hydrogen) atoms. The predicted octanol–water partition coefficient (Wildman–Crippen LogP) is 3.06. The van der Waals surface area contributed by atoms with Gasteiger partial charge in [-0.15, -0.1) is 0 Å².